The highest BCUT2D eigenvalue weighted by molar-refractivity contribution is 5.95. The lowest BCUT2D eigenvalue weighted by Crippen LogP contribution is -2.40. The standard InChI is InChI=1S/C23H27N5O3/c1-17(2)11-27-12-19(31-16-18-7-3-5-9-24-18)13-28(15-22(27)29)23(30)20-14-26-10-6-4-8-21(26)25-20/h3-10,14,17,19H,11-13,15-16H2,1-2H3. The van der Waals surface area contributed by atoms with Crippen LogP contribution in [0.4, 0.5) is 0 Å². The fourth-order valence-corrected chi connectivity index (χ4v) is 3.74. The molecule has 2 amide bonds. The van der Waals surface area contributed by atoms with Gasteiger partial charge >= 0.3 is 0 Å². The van der Waals surface area contributed by atoms with Gasteiger partial charge in [0.05, 0.1) is 18.4 Å². The molecule has 3 aromatic heterocycles. The number of amides is 2. The topological polar surface area (TPSA) is 80.0 Å². The third kappa shape index (κ3) is 5.08. The van der Waals surface area contributed by atoms with Gasteiger partial charge in [0.2, 0.25) is 5.91 Å². The largest absolute Gasteiger partial charge is 0.368 e. The molecule has 4 rings (SSSR count). The van der Waals surface area contributed by atoms with Gasteiger partial charge in [-0.05, 0) is 30.2 Å². The lowest BCUT2D eigenvalue weighted by Gasteiger charge is -2.25. The molecular weight excluding hydrogens is 394 g/mol. The molecule has 0 saturated carbocycles. The molecule has 4 heterocycles. The number of rotatable bonds is 6. The molecule has 1 unspecified atom stereocenters. The van der Waals surface area contributed by atoms with Crippen molar-refractivity contribution in [3.05, 3.63) is 66.4 Å². The van der Waals surface area contributed by atoms with Gasteiger partial charge < -0.3 is 18.9 Å². The maximum atomic E-state index is 13.2. The Labute approximate surface area is 181 Å². The number of carbonyl (C=O) groups is 2. The number of imidazole rings is 1. The van der Waals surface area contributed by atoms with Gasteiger partial charge in [0.25, 0.3) is 5.91 Å². The number of pyridine rings is 2. The molecule has 3 aromatic rings. The highest BCUT2D eigenvalue weighted by Gasteiger charge is 2.32. The molecule has 31 heavy (non-hydrogen) atoms. The summed E-state index contributed by atoms with van der Waals surface area (Å²) in [7, 11) is 0. The Bertz CT molecular complexity index is 1020. The zero-order chi connectivity index (χ0) is 21.8. The smallest absolute Gasteiger partial charge is 0.274 e. The molecule has 8 nitrogen and oxygen atoms in total. The number of fused-ring (bicyclic) bond motifs is 1. The minimum absolute atomic E-state index is 0.0167. The summed E-state index contributed by atoms with van der Waals surface area (Å²) in [6, 6.07) is 11.3. The molecular formula is C23H27N5O3. The van der Waals surface area contributed by atoms with Gasteiger partial charge in [-0.15, -0.1) is 0 Å². The lowest BCUT2D eigenvalue weighted by atomic mass is 10.2. The number of carbonyl (C=O) groups excluding carboxylic acids is 2. The van der Waals surface area contributed by atoms with Crippen LogP contribution in [0.15, 0.2) is 55.0 Å². The second-order valence-corrected chi connectivity index (χ2v) is 8.22. The van der Waals surface area contributed by atoms with Crippen molar-refractivity contribution in [3.8, 4) is 0 Å². The average molecular weight is 422 g/mol. The van der Waals surface area contributed by atoms with E-state index in [0.29, 0.717) is 43.5 Å². The van der Waals surface area contributed by atoms with Crippen LogP contribution in [-0.4, -0.2) is 68.3 Å². The summed E-state index contributed by atoms with van der Waals surface area (Å²) in [5.41, 5.74) is 1.82. The Morgan fingerprint density at radius 3 is 2.77 bits per heavy atom. The summed E-state index contributed by atoms with van der Waals surface area (Å²) < 4.78 is 7.91. The summed E-state index contributed by atoms with van der Waals surface area (Å²) in [5, 5.41) is 0. The molecule has 0 aromatic carbocycles. The summed E-state index contributed by atoms with van der Waals surface area (Å²) in [4.78, 5) is 38.2. The van der Waals surface area contributed by atoms with E-state index in [1.807, 2.05) is 42.6 Å². The number of hydrogen-bond acceptors (Lipinski definition) is 5. The second kappa shape index (κ2) is 9.26. The van der Waals surface area contributed by atoms with Crippen molar-refractivity contribution in [2.24, 2.45) is 5.92 Å². The molecule has 1 saturated heterocycles. The third-order valence-electron chi connectivity index (χ3n) is 5.18. The van der Waals surface area contributed by atoms with E-state index < -0.39 is 0 Å². The van der Waals surface area contributed by atoms with Crippen molar-refractivity contribution in [1.82, 2.24) is 24.2 Å². The molecule has 1 aliphatic rings. The Hall–Kier alpha value is -3.26. The van der Waals surface area contributed by atoms with E-state index in [4.69, 9.17) is 4.74 Å². The first-order valence-electron chi connectivity index (χ1n) is 10.5. The van der Waals surface area contributed by atoms with Crippen molar-refractivity contribution >= 4 is 17.5 Å². The van der Waals surface area contributed by atoms with E-state index >= 15 is 0 Å². The molecule has 0 spiro atoms. The molecule has 162 valence electrons. The average Bonchev–Trinajstić information content (AvgIpc) is 3.13. The van der Waals surface area contributed by atoms with Gasteiger partial charge in [0, 0.05) is 38.2 Å². The van der Waals surface area contributed by atoms with Gasteiger partial charge in [-0.2, -0.15) is 0 Å². The van der Waals surface area contributed by atoms with Crippen LogP contribution >= 0.6 is 0 Å². The monoisotopic (exact) mass is 421 g/mol. The van der Waals surface area contributed by atoms with Gasteiger partial charge in [-0.3, -0.25) is 14.6 Å². The summed E-state index contributed by atoms with van der Waals surface area (Å²) in [5.74, 6) is -0.0225. The minimum atomic E-state index is -0.312. The quantitative estimate of drug-likeness (QED) is 0.610. The molecule has 0 bridgehead atoms. The van der Waals surface area contributed by atoms with Crippen molar-refractivity contribution in [3.63, 3.8) is 0 Å². The van der Waals surface area contributed by atoms with Crippen LogP contribution in [0.2, 0.25) is 0 Å². The van der Waals surface area contributed by atoms with Crippen LogP contribution in [0, 0.1) is 5.92 Å². The fraction of sp³-hybridized carbons (Fsp3) is 0.391. The van der Waals surface area contributed by atoms with Crippen molar-refractivity contribution in [2.45, 2.75) is 26.6 Å². The molecule has 1 atom stereocenters. The van der Waals surface area contributed by atoms with Crippen LogP contribution in [0.25, 0.3) is 5.65 Å². The second-order valence-electron chi connectivity index (χ2n) is 8.22. The maximum absolute atomic E-state index is 13.2. The Morgan fingerprint density at radius 1 is 1.19 bits per heavy atom. The van der Waals surface area contributed by atoms with Crippen LogP contribution < -0.4 is 0 Å². The highest BCUT2D eigenvalue weighted by Crippen LogP contribution is 2.15. The summed E-state index contributed by atoms with van der Waals surface area (Å²) >= 11 is 0. The highest BCUT2D eigenvalue weighted by atomic mass is 16.5. The van der Waals surface area contributed by atoms with E-state index in [2.05, 4.69) is 23.8 Å². The van der Waals surface area contributed by atoms with E-state index in [1.165, 1.54) is 0 Å². The maximum Gasteiger partial charge on any atom is 0.274 e. The zero-order valence-corrected chi connectivity index (χ0v) is 17.8. The predicted molar refractivity (Wildman–Crippen MR) is 115 cm³/mol. The van der Waals surface area contributed by atoms with E-state index in [-0.39, 0.29) is 24.5 Å². The van der Waals surface area contributed by atoms with E-state index in [0.717, 1.165) is 5.69 Å². The number of nitrogens with zero attached hydrogens (tertiary/aromatic N) is 5. The zero-order valence-electron chi connectivity index (χ0n) is 17.8. The van der Waals surface area contributed by atoms with Crippen LogP contribution in [0.5, 0.6) is 0 Å². The molecule has 1 fully saturated rings. The molecule has 0 N–H and O–H groups in total. The third-order valence-corrected chi connectivity index (χ3v) is 5.18. The molecule has 1 aliphatic heterocycles. The van der Waals surface area contributed by atoms with Gasteiger partial charge in [0.1, 0.15) is 17.9 Å². The summed E-state index contributed by atoms with van der Waals surface area (Å²) in [6.07, 6.45) is 4.95. The predicted octanol–water partition coefficient (Wildman–Crippen LogP) is 2.26. The van der Waals surface area contributed by atoms with E-state index in [1.54, 1.807) is 26.6 Å². The first-order chi connectivity index (χ1) is 15.0. The lowest BCUT2D eigenvalue weighted by molar-refractivity contribution is -0.132. The normalized spacial score (nSPS) is 17.4. The van der Waals surface area contributed by atoms with E-state index in [9.17, 15) is 9.59 Å². The minimum Gasteiger partial charge on any atom is -0.368 e. The van der Waals surface area contributed by atoms with Gasteiger partial charge in [-0.1, -0.05) is 26.0 Å². The number of aromatic nitrogens is 3. The molecule has 0 aliphatic carbocycles. The van der Waals surface area contributed by atoms with Crippen LogP contribution in [0.3, 0.4) is 0 Å². The van der Waals surface area contributed by atoms with Gasteiger partial charge in [-0.25, -0.2) is 4.98 Å². The van der Waals surface area contributed by atoms with Crippen LogP contribution in [0.1, 0.15) is 30.0 Å². The Morgan fingerprint density at radius 2 is 2.03 bits per heavy atom. The fourth-order valence-electron chi connectivity index (χ4n) is 3.74. The molecule has 0 radical (unpaired) electrons. The Kier molecular flexibility index (Phi) is 6.27. The number of hydrogen-bond donors (Lipinski definition) is 0. The first-order valence-corrected chi connectivity index (χ1v) is 10.5. The van der Waals surface area contributed by atoms with Crippen molar-refractivity contribution < 1.29 is 14.3 Å². The first kappa shape index (κ1) is 21.0. The van der Waals surface area contributed by atoms with Crippen LogP contribution in [-0.2, 0) is 16.1 Å². The molecule has 8 heteroatoms. The van der Waals surface area contributed by atoms with Crippen molar-refractivity contribution in [1.29, 1.82) is 0 Å². The SMILES string of the molecule is CC(C)CN1CC(OCc2ccccn2)CN(C(=O)c2cn3ccccc3n2)CC1=O. The number of ether oxygens (including phenoxy) is 1. The Balaban J connectivity index is 1.54. The van der Waals surface area contributed by atoms with Gasteiger partial charge in [0.15, 0.2) is 0 Å². The van der Waals surface area contributed by atoms with Crippen molar-refractivity contribution in [2.75, 3.05) is 26.2 Å². The summed E-state index contributed by atoms with van der Waals surface area (Å²) in [6.45, 7) is 5.87.